The Morgan fingerprint density at radius 1 is 1.14 bits per heavy atom. The maximum atomic E-state index is 12.4. The van der Waals surface area contributed by atoms with Crippen molar-refractivity contribution in [1.29, 1.82) is 0 Å². The molecule has 2 aromatic carbocycles. The number of anilines is 1. The van der Waals surface area contributed by atoms with Crippen LogP contribution in [0.25, 0.3) is 0 Å². The molecule has 1 aliphatic rings. The number of ether oxygens (including phenoxy) is 1. The number of nitrogens with zero attached hydrogens (tertiary/aromatic N) is 1. The predicted molar refractivity (Wildman–Crippen MR) is 88.9 cm³/mol. The Bertz CT molecular complexity index is 719. The lowest BCUT2D eigenvalue weighted by Gasteiger charge is -2.16. The summed E-state index contributed by atoms with van der Waals surface area (Å²) in [5, 5.41) is 0. The number of aryl methyl sites for hydroxylation is 2. The van der Waals surface area contributed by atoms with Crippen molar-refractivity contribution >= 4 is 11.7 Å². The van der Waals surface area contributed by atoms with E-state index >= 15 is 0 Å². The van der Waals surface area contributed by atoms with Crippen molar-refractivity contribution in [3.8, 4) is 5.75 Å². The SMILES string of the molecule is Cc1cc(C(=O)Oc2cccc3c2CCC3)ccc1N(C)C. The predicted octanol–water partition coefficient (Wildman–Crippen LogP) is 3.77. The molecule has 114 valence electrons. The smallest absolute Gasteiger partial charge is 0.343 e. The molecule has 0 atom stereocenters. The zero-order chi connectivity index (χ0) is 15.7. The van der Waals surface area contributed by atoms with Crippen LogP contribution in [0.1, 0.15) is 33.5 Å². The zero-order valence-electron chi connectivity index (χ0n) is 13.3. The molecule has 0 saturated carbocycles. The number of carbonyl (C=O) groups is 1. The lowest BCUT2D eigenvalue weighted by Crippen LogP contribution is -2.13. The van der Waals surface area contributed by atoms with E-state index in [4.69, 9.17) is 4.74 Å². The fourth-order valence-electron chi connectivity index (χ4n) is 3.12. The second kappa shape index (κ2) is 5.84. The molecule has 0 amide bonds. The Morgan fingerprint density at radius 3 is 2.68 bits per heavy atom. The van der Waals surface area contributed by atoms with Gasteiger partial charge >= 0.3 is 5.97 Å². The quantitative estimate of drug-likeness (QED) is 0.637. The summed E-state index contributed by atoms with van der Waals surface area (Å²) in [6.07, 6.45) is 3.22. The van der Waals surface area contributed by atoms with Crippen LogP contribution in [0.5, 0.6) is 5.75 Å². The Hall–Kier alpha value is -2.29. The normalized spacial score (nSPS) is 12.9. The lowest BCUT2D eigenvalue weighted by atomic mass is 10.1. The highest BCUT2D eigenvalue weighted by molar-refractivity contribution is 5.92. The minimum Gasteiger partial charge on any atom is -0.423 e. The van der Waals surface area contributed by atoms with E-state index in [0.717, 1.165) is 30.5 Å². The molecule has 3 nitrogen and oxygen atoms in total. The molecule has 3 rings (SSSR count). The number of hydrogen-bond donors (Lipinski definition) is 0. The van der Waals surface area contributed by atoms with Gasteiger partial charge in [0.05, 0.1) is 5.56 Å². The van der Waals surface area contributed by atoms with Gasteiger partial charge in [-0.05, 0) is 67.1 Å². The van der Waals surface area contributed by atoms with Gasteiger partial charge in [0.15, 0.2) is 0 Å². The molecule has 0 saturated heterocycles. The summed E-state index contributed by atoms with van der Waals surface area (Å²) < 4.78 is 5.65. The highest BCUT2D eigenvalue weighted by Gasteiger charge is 2.18. The molecule has 0 aliphatic heterocycles. The van der Waals surface area contributed by atoms with E-state index in [0.29, 0.717) is 11.3 Å². The first-order valence-corrected chi connectivity index (χ1v) is 7.67. The zero-order valence-corrected chi connectivity index (χ0v) is 13.3. The first-order chi connectivity index (χ1) is 10.6. The summed E-state index contributed by atoms with van der Waals surface area (Å²) in [7, 11) is 3.99. The first kappa shape index (κ1) is 14.6. The molecule has 1 aliphatic carbocycles. The molecule has 22 heavy (non-hydrogen) atoms. The fraction of sp³-hybridized carbons (Fsp3) is 0.316. The maximum Gasteiger partial charge on any atom is 0.343 e. The molecule has 0 heterocycles. The molecule has 0 bridgehead atoms. The van der Waals surface area contributed by atoms with Gasteiger partial charge in [-0.25, -0.2) is 4.79 Å². The second-order valence-electron chi connectivity index (χ2n) is 6.03. The minimum atomic E-state index is -0.284. The molecule has 0 fully saturated rings. The molecule has 0 aromatic heterocycles. The third kappa shape index (κ3) is 2.71. The summed E-state index contributed by atoms with van der Waals surface area (Å²) in [4.78, 5) is 14.4. The Kier molecular flexibility index (Phi) is 3.88. The average Bonchev–Trinajstić information content (AvgIpc) is 2.96. The Labute approximate surface area is 131 Å². The summed E-state index contributed by atoms with van der Waals surface area (Å²) in [6, 6.07) is 11.7. The van der Waals surface area contributed by atoms with Crippen molar-refractivity contribution < 1.29 is 9.53 Å². The molecule has 2 aromatic rings. The van der Waals surface area contributed by atoms with Crippen LogP contribution in [0.15, 0.2) is 36.4 Å². The third-order valence-electron chi connectivity index (χ3n) is 4.22. The third-order valence-corrected chi connectivity index (χ3v) is 4.22. The first-order valence-electron chi connectivity index (χ1n) is 7.67. The minimum absolute atomic E-state index is 0.284. The molecule has 0 spiro atoms. The largest absolute Gasteiger partial charge is 0.423 e. The van der Waals surface area contributed by atoms with Crippen molar-refractivity contribution in [3.63, 3.8) is 0 Å². The molecule has 0 N–H and O–H groups in total. The number of carbonyl (C=O) groups excluding carboxylic acids is 1. The summed E-state index contributed by atoms with van der Waals surface area (Å²) >= 11 is 0. The van der Waals surface area contributed by atoms with Crippen molar-refractivity contribution in [2.24, 2.45) is 0 Å². The van der Waals surface area contributed by atoms with E-state index < -0.39 is 0 Å². The van der Waals surface area contributed by atoms with E-state index in [9.17, 15) is 4.79 Å². The van der Waals surface area contributed by atoms with Gasteiger partial charge in [-0.2, -0.15) is 0 Å². The summed E-state index contributed by atoms with van der Waals surface area (Å²) in [6.45, 7) is 2.01. The van der Waals surface area contributed by atoms with Gasteiger partial charge in [0.2, 0.25) is 0 Å². The van der Waals surface area contributed by atoms with Crippen LogP contribution in [-0.4, -0.2) is 20.1 Å². The molecular weight excluding hydrogens is 274 g/mol. The number of benzene rings is 2. The highest BCUT2D eigenvalue weighted by atomic mass is 16.5. The van der Waals surface area contributed by atoms with Crippen LogP contribution in [0, 0.1) is 6.92 Å². The molecule has 0 radical (unpaired) electrons. The van der Waals surface area contributed by atoms with Crippen LogP contribution < -0.4 is 9.64 Å². The summed E-state index contributed by atoms with van der Waals surface area (Å²) in [5.74, 6) is 0.433. The number of esters is 1. The number of fused-ring (bicyclic) bond motifs is 1. The van der Waals surface area contributed by atoms with Gasteiger partial charge in [-0.3, -0.25) is 0 Å². The fourth-order valence-corrected chi connectivity index (χ4v) is 3.12. The van der Waals surface area contributed by atoms with E-state index in [1.807, 2.05) is 56.3 Å². The topological polar surface area (TPSA) is 29.5 Å². The summed E-state index contributed by atoms with van der Waals surface area (Å²) in [5.41, 5.74) is 5.27. The van der Waals surface area contributed by atoms with Crippen molar-refractivity contribution in [1.82, 2.24) is 0 Å². The highest BCUT2D eigenvalue weighted by Crippen LogP contribution is 2.31. The van der Waals surface area contributed by atoms with Crippen LogP contribution in [0.2, 0.25) is 0 Å². The number of rotatable bonds is 3. The lowest BCUT2D eigenvalue weighted by molar-refractivity contribution is 0.0733. The van der Waals surface area contributed by atoms with Gasteiger partial charge in [0.25, 0.3) is 0 Å². The average molecular weight is 295 g/mol. The van der Waals surface area contributed by atoms with Crippen molar-refractivity contribution in [2.75, 3.05) is 19.0 Å². The van der Waals surface area contributed by atoms with E-state index in [1.165, 1.54) is 11.1 Å². The molecule has 0 unspecified atom stereocenters. The van der Waals surface area contributed by atoms with E-state index in [1.54, 1.807) is 0 Å². The van der Waals surface area contributed by atoms with Gasteiger partial charge < -0.3 is 9.64 Å². The van der Waals surface area contributed by atoms with Crippen molar-refractivity contribution in [3.05, 3.63) is 58.7 Å². The second-order valence-corrected chi connectivity index (χ2v) is 6.03. The van der Waals surface area contributed by atoms with Crippen molar-refractivity contribution in [2.45, 2.75) is 26.2 Å². The van der Waals surface area contributed by atoms with Gasteiger partial charge in [-0.1, -0.05) is 12.1 Å². The van der Waals surface area contributed by atoms with E-state index in [2.05, 4.69) is 6.07 Å². The molecular formula is C19H21NO2. The Morgan fingerprint density at radius 2 is 1.95 bits per heavy atom. The standard InChI is InChI=1S/C19H21NO2/c1-13-12-15(10-11-17(13)20(2)3)19(21)22-18-9-5-7-14-6-4-8-16(14)18/h5,7,9-12H,4,6,8H2,1-3H3. The van der Waals surface area contributed by atoms with Gasteiger partial charge in [0.1, 0.15) is 5.75 Å². The van der Waals surface area contributed by atoms with Gasteiger partial charge in [-0.15, -0.1) is 0 Å². The van der Waals surface area contributed by atoms with E-state index in [-0.39, 0.29) is 5.97 Å². The maximum absolute atomic E-state index is 12.4. The van der Waals surface area contributed by atoms with Gasteiger partial charge in [0, 0.05) is 19.8 Å². The molecule has 3 heteroatoms. The van der Waals surface area contributed by atoms with Crippen LogP contribution in [-0.2, 0) is 12.8 Å². The van der Waals surface area contributed by atoms with Crippen LogP contribution in [0.4, 0.5) is 5.69 Å². The number of hydrogen-bond acceptors (Lipinski definition) is 3. The van der Waals surface area contributed by atoms with Crippen LogP contribution in [0.3, 0.4) is 0 Å². The van der Waals surface area contributed by atoms with Crippen LogP contribution >= 0.6 is 0 Å². The Balaban J connectivity index is 1.84. The monoisotopic (exact) mass is 295 g/mol.